The zero-order valence-corrected chi connectivity index (χ0v) is 12.6. The molecule has 0 aromatic heterocycles. The molecule has 1 aromatic carbocycles. The molecule has 0 atom stereocenters. The summed E-state index contributed by atoms with van der Waals surface area (Å²) in [6, 6.07) is 7.31. The van der Waals surface area contributed by atoms with E-state index in [2.05, 4.69) is 27.3 Å². The number of anilines is 1. The fourth-order valence-corrected chi connectivity index (χ4v) is 3.58. The van der Waals surface area contributed by atoms with Gasteiger partial charge in [0.05, 0.1) is 5.75 Å². The highest BCUT2D eigenvalue weighted by Crippen LogP contribution is 2.19. The van der Waals surface area contributed by atoms with Crippen molar-refractivity contribution in [1.29, 1.82) is 0 Å². The molecule has 1 rings (SSSR count). The number of hydrogen-bond acceptors (Lipinski definition) is 2. The summed E-state index contributed by atoms with van der Waals surface area (Å²) < 4.78 is 27.2. The first-order valence-corrected chi connectivity index (χ1v) is 7.67. The molecule has 0 aliphatic carbocycles. The highest BCUT2D eigenvalue weighted by molar-refractivity contribution is 14.1. The molecular weight excluding hydrogens is 337 g/mol. The molecule has 0 saturated heterocycles. The second-order valence-electron chi connectivity index (χ2n) is 4.93. The number of hydrogen-bond donors (Lipinski definition) is 1. The Balaban J connectivity index is 2.81. The molecule has 0 unspecified atom stereocenters. The van der Waals surface area contributed by atoms with Crippen LogP contribution in [-0.4, -0.2) is 14.2 Å². The average Bonchev–Trinajstić information content (AvgIpc) is 1.96. The highest BCUT2D eigenvalue weighted by atomic mass is 127. The minimum absolute atomic E-state index is 0.117. The lowest BCUT2D eigenvalue weighted by molar-refractivity contribution is 0.463. The van der Waals surface area contributed by atoms with Gasteiger partial charge in [0, 0.05) is 9.26 Å². The first-order chi connectivity index (χ1) is 7.18. The van der Waals surface area contributed by atoms with E-state index in [1.54, 1.807) is 12.1 Å². The summed E-state index contributed by atoms with van der Waals surface area (Å²) in [4.78, 5) is 0. The van der Waals surface area contributed by atoms with Crippen LogP contribution < -0.4 is 4.72 Å². The summed E-state index contributed by atoms with van der Waals surface area (Å²) in [6.45, 7) is 5.71. The van der Waals surface area contributed by atoms with Crippen LogP contribution in [0.4, 0.5) is 5.69 Å². The fourth-order valence-electron chi connectivity index (χ4n) is 1.34. The van der Waals surface area contributed by atoms with Crippen LogP contribution in [0.1, 0.15) is 20.8 Å². The van der Waals surface area contributed by atoms with Crippen LogP contribution in [0.15, 0.2) is 24.3 Å². The maximum atomic E-state index is 11.8. The zero-order valence-electron chi connectivity index (χ0n) is 9.62. The average molecular weight is 353 g/mol. The normalized spacial score (nSPS) is 12.5. The van der Waals surface area contributed by atoms with Crippen molar-refractivity contribution in [3.05, 3.63) is 27.8 Å². The van der Waals surface area contributed by atoms with Crippen molar-refractivity contribution in [2.75, 3.05) is 10.5 Å². The zero-order chi connectivity index (χ0) is 12.4. The third-order valence-corrected chi connectivity index (χ3v) is 4.18. The molecule has 0 spiro atoms. The van der Waals surface area contributed by atoms with E-state index in [4.69, 9.17) is 0 Å². The van der Waals surface area contributed by atoms with Crippen LogP contribution in [0.3, 0.4) is 0 Å². The topological polar surface area (TPSA) is 46.2 Å². The molecule has 0 saturated carbocycles. The van der Waals surface area contributed by atoms with Crippen LogP contribution in [0.2, 0.25) is 0 Å². The van der Waals surface area contributed by atoms with Gasteiger partial charge in [-0.1, -0.05) is 26.8 Å². The number of sulfonamides is 1. The summed E-state index contributed by atoms with van der Waals surface area (Å²) in [5.74, 6) is 0.117. The summed E-state index contributed by atoms with van der Waals surface area (Å²) in [7, 11) is -3.26. The molecular formula is C11H16INO2S. The molecule has 0 aliphatic heterocycles. The smallest absolute Gasteiger partial charge is 0.233 e. The van der Waals surface area contributed by atoms with E-state index in [9.17, 15) is 8.42 Å². The van der Waals surface area contributed by atoms with Gasteiger partial charge in [0.25, 0.3) is 0 Å². The Morgan fingerprint density at radius 2 is 1.94 bits per heavy atom. The Bertz CT molecular complexity index is 463. The number of halogens is 1. The van der Waals surface area contributed by atoms with E-state index in [1.807, 2.05) is 32.9 Å². The number of nitrogens with one attached hydrogen (secondary N) is 1. The molecule has 16 heavy (non-hydrogen) atoms. The second-order valence-corrected chi connectivity index (χ2v) is 7.90. The largest absolute Gasteiger partial charge is 0.284 e. The van der Waals surface area contributed by atoms with Crippen molar-refractivity contribution in [2.24, 2.45) is 5.41 Å². The molecule has 90 valence electrons. The lowest BCUT2D eigenvalue weighted by Gasteiger charge is -2.18. The predicted octanol–water partition coefficient (Wildman–Crippen LogP) is 3.08. The van der Waals surface area contributed by atoms with Crippen LogP contribution in [0, 0.1) is 8.99 Å². The van der Waals surface area contributed by atoms with Gasteiger partial charge in [-0.25, -0.2) is 8.42 Å². The molecule has 0 aliphatic rings. The van der Waals surface area contributed by atoms with Crippen LogP contribution in [-0.2, 0) is 10.0 Å². The van der Waals surface area contributed by atoms with Gasteiger partial charge in [-0.2, -0.15) is 0 Å². The van der Waals surface area contributed by atoms with Gasteiger partial charge in [0.2, 0.25) is 10.0 Å². The molecule has 3 nitrogen and oxygen atoms in total. The SMILES string of the molecule is CC(C)(C)CS(=O)(=O)Nc1cccc(I)c1. The summed E-state index contributed by atoms with van der Waals surface area (Å²) in [5.41, 5.74) is 0.379. The molecule has 0 heterocycles. The lowest BCUT2D eigenvalue weighted by atomic mass is 10.0. The third-order valence-electron chi connectivity index (χ3n) is 1.72. The van der Waals surface area contributed by atoms with Gasteiger partial charge in [-0.3, -0.25) is 4.72 Å². The quantitative estimate of drug-likeness (QED) is 0.849. The molecule has 0 fully saturated rings. The molecule has 0 radical (unpaired) electrons. The first-order valence-electron chi connectivity index (χ1n) is 4.94. The molecule has 0 bridgehead atoms. The van der Waals surface area contributed by atoms with E-state index in [0.717, 1.165) is 3.57 Å². The molecule has 0 amide bonds. The van der Waals surface area contributed by atoms with Gasteiger partial charge < -0.3 is 0 Å². The standard InChI is InChI=1S/C11H16INO2S/c1-11(2,3)8-16(14,15)13-10-6-4-5-9(12)7-10/h4-7,13H,8H2,1-3H3. The van der Waals surface area contributed by atoms with Gasteiger partial charge >= 0.3 is 0 Å². The van der Waals surface area contributed by atoms with Gasteiger partial charge in [-0.15, -0.1) is 0 Å². The third kappa shape index (κ3) is 5.16. The maximum absolute atomic E-state index is 11.8. The minimum atomic E-state index is -3.26. The van der Waals surface area contributed by atoms with Crippen molar-refractivity contribution in [1.82, 2.24) is 0 Å². The van der Waals surface area contributed by atoms with E-state index in [-0.39, 0.29) is 11.2 Å². The molecule has 5 heteroatoms. The Labute approximate surface area is 111 Å². The predicted molar refractivity (Wildman–Crippen MR) is 76.0 cm³/mol. The van der Waals surface area contributed by atoms with E-state index in [1.165, 1.54) is 0 Å². The monoisotopic (exact) mass is 353 g/mol. The first kappa shape index (κ1) is 13.8. The summed E-state index contributed by atoms with van der Waals surface area (Å²) in [5, 5.41) is 0. The Kier molecular flexibility index (Phi) is 4.23. The summed E-state index contributed by atoms with van der Waals surface area (Å²) in [6.07, 6.45) is 0. The Morgan fingerprint density at radius 3 is 2.44 bits per heavy atom. The van der Waals surface area contributed by atoms with Gasteiger partial charge in [0.1, 0.15) is 0 Å². The second kappa shape index (κ2) is 4.91. The van der Waals surface area contributed by atoms with Crippen molar-refractivity contribution in [3.63, 3.8) is 0 Å². The molecule has 1 aromatic rings. The maximum Gasteiger partial charge on any atom is 0.233 e. The molecule has 1 N–H and O–H groups in total. The minimum Gasteiger partial charge on any atom is -0.284 e. The van der Waals surface area contributed by atoms with Gasteiger partial charge in [0.15, 0.2) is 0 Å². The number of benzene rings is 1. The van der Waals surface area contributed by atoms with Crippen LogP contribution >= 0.6 is 22.6 Å². The van der Waals surface area contributed by atoms with Crippen LogP contribution in [0.25, 0.3) is 0 Å². The Hall–Kier alpha value is -0.300. The lowest BCUT2D eigenvalue weighted by Crippen LogP contribution is -2.26. The highest BCUT2D eigenvalue weighted by Gasteiger charge is 2.21. The number of rotatable bonds is 3. The van der Waals surface area contributed by atoms with Crippen molar-refractivity contribution in [3.8, 4) is 0 Å². The van der Waals surface area contributed by atoms with E-state index >= 15 is 0 Å². The van der Waals surface area contributed by atoms with Gasteiger partial charge in [-0.05, 0) is 46.2 Å². The van der Waals surface area contributed by atoms with Crippen molar-refractivity contribution in [2.45, 2.75) is 20.8 Å². The van der Waals surface area contributed by atoms with E-state index in [0.29, 0.717) is 5.69 Å². The van der Waals surface area contributed by atoms with Crippen molar-refractivity contribution >= 4 is 38.3 Å². The fraction of sp³-hybridized carbons (Fsp3) is 0.455. The van der Waals surface area contributed by atoms with E-state index < -0.39 is 10.0 Å². The van der Waals surface area contributed by atoms with Crippen molar-refractivity contribution < 1.29 is 8.42 Å². The Morgan fingerprint density at radius 1 is 1.31 bits per heavy atom. The summed E-state index contributed by atoms with van der Waals surface area (Å²) >= 11 is 2.15. The van der Waals surface area contributed by atoms with Crippen LogP contribution in [0.5, 0.6) is 0 Å².